The highest BCUT2D eigenvalue weighted by Gasteiger charge is 2.25. The number of hydrogen-bond acceptors (Lipinski definition) is 4. The van der Waals surface area contributed by atoms with Gasteiger partial charge in [-0.1, -0.05) is 18.2 Å². The lowest BCUT2D eigenvalue weighted by atomic mass is 10.1. The molecule has 0 fully saturated rings. The van der Waals surface area contributed by atoms with Gasteiger partial charge in [0.25, 0.3) is 0 Å². The van der Waals surface area contributed by atoms with Gasteiger partial charge in [-0.05, 0) is 12.1 Å². The van der Waals surface area contributed by atoms with Crippen molar-refractivity contribution in [3.05, 3.63) is 41.8 Å². The van der Waals surface area contributed by atoms with Crippen LogP contribution in [0.5, 0.6) is 0 Å². The number of amides is 3. The van der Waals surface area contributed by atoms with Gasteiger partial charge in [-0.3, -0.25) is 4.79 Å². The summed E-state index contributed by atoms with van der Waals surface area (Å²) in [5.74, 6) is 1.19. The molecule has 0 spiro atoms. The number of nitrogens with two attached hydrogens (primary N) is 1. The maximum atomic E-state index is 12.0. The van der Waals surface area contributed by atoms with E-state index in [0.29, 0.717) is 25.4 Å². The molecular weight excluding hydrogens is 284 g/mol. The molecule has 3 amide bonds. The highest BCUT2D eigenvalue weighted by Crippen LogP contribution is 2.25. The standard InChI is InChI=1S/C15H16N4O3/c16-15(21)17-8-13(20)19-7-6-12-11(9-19)18-14(22-12)10-4-2-1-3-5-10/h1-5H,6-9H2,(H3,16,17,21). The normalized spacial score (nSPS) is 13.5. The van der Waals surface area contributed by atoms with E-state index in [2.05, 4.69) is 10.3 Å². The van der Waals surface area contributed by atoms with Crippen LogP contribution in [0.2, 0.25) is 0 Å². The largest absolute Gasteiger partial charge is 0.441 e. The second-order valence-electron chi connectivity index (χ2n) is 5.04. The molecule has 0 radical (unpaired) electrons. The summed E-state index contributed by atoms with van der Waals surface area (Å²) in [4.78, 5) is 28.8. The van der Waals surface area contributed by atoms with Crippen molar-refractivity contribution < 1.29 is 14.0 Å². The van der Waals surface area contributed by atoms with E-state index < -0.39 is 6.03 Å². The van der Waals surface area contributed by atoms with Crippen molar-refractivity contribution in [2.75, 3.05) is 13.1 Å². The molecule has 1 aliphatic rings. The van der Waals surface area contributed by atoms with E-state index in [-0.39, 0.29) is 12.5 Å². The number of hydrogen-bond donors (Lipinski definition) is 2. The Morgan fingerprint density at radius 2 is 2.09 bits per heavy atom. The molecule has 3 rings (SSSR count). The second kappa shape index (κ2) is 5.88. The van der Waals surface area contributed by atoms with Crippen molar-refractivity contribution in [2.24, 2.45) is 5.73 Å². The molecule has 7 nitrogen and oxygen atoms in total. The number of urea groups is 1. The Bertz CT molecular complexity index is 696. The zero-order chi connectivity index (χ0) is 15.5. The molecule has 7 heteroatoms. The zero-order valence-electron chi connectivity index (χ0n) is 11.9. The number of primary amides is 1. The van der Waals surface area contributed by atoms with Crippen LogP contribution in [0.15, 0.2) is 34.7 Å². The predicted octanol–water partition coefficient (Wildman–Crippen LogP) is 0.895. The van der Waals surface area contributed by atoms with Crippen molar-refractivity contribution >= 4 is 11.9 Å². The maximum absolute atomic E-state index is 12.0. The van der Waals surface area contributed by atoms with Crippen molar-refractivity contribution in [3.63, 3.8) is 0 Å². The number of benzene rings is 1. The van der Waals surface area contributed by atoms with Crippen molar-refractivity contribution in [3.8, 4) is 11.5 Å². The van der Waals surface area contributed by atoms with Gasteiger partial charge in [0.15, 0.2) is 0 Å². The highest BCUT2D eigenvalue weighted by molar-refractivity contribution is 5.83. The summed E-state index contributed by atoms with van der Waals surface area (Å²) < 4.78 is 5.78. The Morgan fingerprint density at radius 3 is 2.82 bits per heavy atom. The smallest absolute Gasteiger partial charge is 0.312 e. The van der Waals surface area contributed by atoms with Crippen LogP contribution in [0, 0.1) is 0 Å². The van der Waals surface area contributed by atoms with Gasteiger partial charge >= 0.3 is 6.03 Å². The molecule has 1 aliphatic heterocycles. The van der Waals surface area contributed by atoms with Gasteiger partial charge in [0.2, 0.25) is 11.8 Å². The minimum atomic E-state index is -0.709. The van der Waals surface area contributed by atoms with Crippen LogP contribution < -0.4 is 11.1 Å². The van der Waals surface area contributed by atoms with E-state index in [9.17, 15) is 9.59 Å². The van der Waals surface area contributed by atoms with E-state index in [0.717, 1.165) is 17.0 Å². The predicted molar refractivity (Wildman–Crippen MR) is 78.6 cm³/mol. The van der Waals surface area contributed by atoms with Crippen LogP contribution in [0.4, 0.5) is 4.79 Å². The number of aromatic nitrogens is 1. The average Bonchev–Trinajstić information content (AvgIpc) is 2.96. The number of carbonyl (C=O) groups excluding carboxylic acids is 2. The molecule has 114 valence electrons. The van der Waals surface area contributed by atoms with Crippen molar-refractivity contribution in [2.45, 2.75) is 13.0 Å². The third-order valence-electron chi connectivity index (χ3n) is 3.51. The molecule has 0 atom stereocenters. The summed E-state index contributed by atoms with van der Waals surface area (Å²) in [6.07, 6.45) is 0.609. The molecule has 0 saturated carbocycles. The first-order chi connectivity index (χ1) is 10.6. The van der Waals surface area contributed by atoms with Gasteiger partial charge in [0, 0.05) is 18.5 Å². The molecule has 2 aromatic rings. The number of rotatable bonds is 3. The van der Waals surface area contributed by atoms with Gasteiger partial charge in [-0.2, -0.15) is 0 Å². The fourth-order valence-corrected chi connectivity index (χ4v) is 2.39. The topological polar surface area (TPSA) is 101 Å². The third-order valence-corrected chi connectivity index (χ3v) is 3.51. The third kappa shape index (κ3) is 2.93. The Kier molecular flexibility index (Phi) is 3.78. The summed E-state index contributed by atoms with van der Waals surface area (Å²) >= 11 is 0. The molecule has 0 bridgehead atoms. The Labute approximate surface area is 127 Å². The lowest BCUT2D eigenvalue weighted by Gasteiger charge is -2.25. The summed E-state index contributed by atoms with van der Waals surface area (Å²) in [6.45, 7) is 0.814. The van der Waals surface area contributed by atoms with Crippen LogP contribution in [0.3, 0.4) is 0 Å². The quantitative estimate of drug-likeness (QED) is 0.879. The first kappa shape index (κ1) is 14.1. The van der Waals surface area contributed by atoms with E-state index in [4.69, 9.17) is 10.2 Å². The fourth-order valence-electron chi connectivity index (χ4n) is 2.39. The van der Waals surface area contributed by atoms with Crippen LogP contribution in [-0.2, 0) is 17.8 Å². The molecule has 1 aromatic heterocycles. The fraction of sp³-hybridized carbons (Fsp3) is 0.267. The minimum absolute atomic E-state index is 0.103. The van der Waals surface area contributed by atoms with Crippen LogP contribution >= 0.6 is 0 Å². The van der Waals surface area contributed by atoms with E-state index in [1.807, 2.05) is 30.3 Å². The Balaban J connectivity index is 1.72. The van der Waals surface area contributed by atoms with E-state index in [1.54, 1.807) is 4.90 Å². The van der Waals surface area contributed by atoms with Crippen molar-refractivity contribution in [1.29, 1.82) is 0 Å². The summed E-state index contributed by atoms with van der Waals surface area (Å²) in [7, 11) is 0. The lowest BCUT2D eigenvalue weighted by molar-refractivity contribution is -0.131. The molecule has 1 aromatic carbocycles. The molecule has 3 N–H and O–H groups in total. The van der Waals surface area contributed by atoms with Crippen molar-refractivity contribution in [1.82, 2.24) is 15.2 Å². The second-order valence-corrected chi connectivity index (χ2v) is 5.04. The Morgan fingerprint density at radius 1 is 1.32 bits per heavy atom. The van der Waals surface area contributed by atoms with Crippen LogP contribution in [0.25, 0.3) is 11.5 Å². The number of nitrogens with zero attached hydrogens (tertiary/aromatic N) is 2. The monoisotopic (exact) mass is 300 g/mol. The Hall–Kier alpha value is -2.83. The molecule has 2 heterocycles. The summed E-state index contributed by atoms with van der Waals surface area (Å²) in [6, 6.07) is 8.92. The number of nitrogens with one attached hydrogen (secondary N) is 1. The first-order valence-electron chi connectivity index (χ1n) is 6.98. The molecule has 0 aliphatic carbocycles. The first-order valence-corrected chi connectivity index (χ1v) is 6.98. The molecule has 22 heavy (non-hydrogen) atoms. The minimum Gasteiger partial charge on any atom is -0.441 e. The van der Waals surface area contributed by atoms with Gasteiger partial charge in [0.05, 0.1) is 13.1 Å². The SMILES string of the molecule is NC(=O)NCC(=O)N1CCc2oc(-c3ccccc3)nc2C1. The molecule has 0 unspecified atom stereocenters. The van der Waals surface area contributed by atoms with Crippen LogP contribution in [-0.4, -0.2) is 34.9 Å². The van der Waals surface area contributed by atoms with Gasteiger partial charge in [-0.25, -0.2) is 9.78 Å². The number of fused-ring (bicyclic) bond motifs is 1. The summed E-state index contributed by atoms with van der Waals surface area (Å²) in [5.41, 5.74) is 6.64. The number of carbonyl (C=O) groups is 2. The highest BCUT2D eigenvalue weighted by atomic mass is 16.4. The summed E-state index contributed by atoms with van der Waals surface area (Å²) in [5, 5.41) is 2.30. The average molecular weight is 300 g/mol. The molecule has 0 saturated heterocycles. The lowest BCUT2D eigenvalue weighted by Crippen LogP contribution is -2.43. The van der Waals surface area contributed by atoms with Crippen LogP contribution in [0.1, 0.15) is 11.5 Å². The zero-order valence-corrected chi connectivity index (χ0v) is 11.9. The molecular formula is C15H16N4O3. The van der Waals surface area contributed by atoms with Gasteiger partial charge in [0.1, 0.15) is 11.5 Å². The van der Waals surface area contributed by atoms with E-state index >= 15 is 0 Å². The van der Waals surface area contributed by atoms with Gasteiger partial charge < -0.3 is 20.4 Å². The van der Waals surface area contributed by atoms with Gasteiger partial charge in [-0.15, -0.1) is 0 Å². The van der Waals surface area contributed by atoms with E-state index in [1.165, 1.54) is 0 Å². The number of oxazole rings is 1. The maximum Gasteiger partial charge on any atom is 0.312 e.